The van der Waals surface area contributed by atoms with Crippen LogP contribution in [0.1, 0.15) is 18.4 Å². The number of imide groups is 2. The molecule has 5 rings (SSSR count). The Labute approximate surface area is 186 Å². The van der Waals surface area contributed by atoms with Crippen LogP contribution < -0.4 is 9.47 Å². The highest BCUT2D eigenvalue weighted by atomic mass is 16.6. The molecule has 3 aliphatic heterocycles. The van der Waals surface area contributed by atoms with Gasteiger partial charge in [-0.25, -0.2) is 4.79 Å². The molecule has 0 aromatic heterocycles. The first-order chi connectivity index (χ1) is 15.6. The molecule has 0 bridgehead atoms. The summed E-state index contributed by atoms with van der Waals surface area (Å²) in [4.78, 5) is 42.6. The summed E-state index contributed by atoms with van der Waals surface area (Å²) >= 11 is 0. The molecule has 32 heavy (non-hydrogen) atoms. The zero-order valence-electron chi connectivity index (χ0n) is 17.7. The number of ether oxygens (including phenoxy) is 2. The molecule has 2 fully saturated rings. The van der Waals surface area contributed by atoms with E-state index in [0.717, 1.165) is 39.8 Å². The molecular formula is C24H25N3O5. The van der Waals surface area contributed by atoms with E-state index in [-0.39, 0.29) is 18.7 Å². The summed E-state index contributed by atoms with van der Waals surface area (Å²) in [7, 11) is 0. The van der Waals surface area contributed by atoms with Gasteiger partial charge in [-0.2, -0.15) is 0 Å². The lowest BCUT2D eigenvalue weighted by molar-refractivity contribution is -0.144. The monoisotopic (exact) mass is 435 g/mol. The largest absolute Gasteiger partial charge is 0.486 e. The molecule has 8 nitrogen and oxygen atoms in total. The zero-order valence-corrected chi connectivity index (χ0v) is 17.7. The van der Waals surface area contributed by atoms with Crippen LogP contribution in [0.25, 0.3) is 0 Å². The number of hydrogen-bond acceptors (Lipinski definition) is 6. The van der Waals surface area contributed by atoms with Crippen LogP contribution in [0.5, 0.6) is 11.5 Å². The summed E-state index contributed by atoms with van der Waals surface area (Å²) in [5.41, 5.74) is 0.809. The maximum absolute atomic E-state index is 13.0. The molecule has 0 radical (unpaired) electrons. The van der Waals surface area contributed by atoms with E-state index < -0.39 is 17.8 Å². The number of likely N-dealkylation sites (tertiary alicyclic amines) is 1. The van der Waals surface area contributed by atoms with Crippen LogP contribution in [0, 0.1) is 0 Å². The topological polar surface area (TPSA) is 79.4 Å². The molecule has 3 heterocycles. The van der Waals surface area contributed by atoms with Crippen molar-refractivity contribution in [1.82, 2.24) is 14.7 Å². The Morgan fingerprint density at radius 3 is 2.47 bits per heavy atom. The van der Waals surface area contributed by atoms with Crippen LogP contribution in [-0.4, -0.2) is 70.9 Å². The average Bonchev–Trinajstić information content (AvgIpc) is 3.03. The number of piperidine rings is 1. The summed E-state index contributed by atoms with van der Waals surface area (Å²) in [6.07, 6.45) is 1.38. The van der Waals surface area contributed by atoms with Gasteiger partial charge in [-0.1, -0.05) is 42.5 Å². The van der Waals surface area contributed by atoms with E-state index >= 15 is 0 Å². The molecule has 2 aromatic carbocycles. The minimum absolute atomic E-state index is 0.101. The van der Waals surface area contributed by atoms with E-state index in [1.165, 1.54) is 0 Å². The Morgan fingerprint density at radius 1 is 0.906 bits per heavy atom. The first-order valence-corrected chi connectivity index (χ1v) is 10.9. The van der Waals surface area contributed by atoms with Gasteiger partial charge in [-0.15, -0.1) is 0 Å². The van der Waals surface area contributed by atoms with Crippen molar-refractivity contribution in [3.63, 3.8) is 0 Å². The SMILES string of the molecule is O=C1C(=O)N([C@H]2CCCN(C[C@H]3COc4ccccc4O3)C2)C(=O)N1Cc1ccccc1. The first-order valence-electron chi connectivity index (χ1n) is 10.9. The van der Waals surface area contributed by atoms with Crippen LogP contribution in [0.4, 0.5) is 4.79 Å². The number of carbonyl (C=O) groups is 3. The average molecular weight is 435 g/mol. The Balaban J connectivity index is 1.23. The number of hydrogen-bond donors (Lipinski definition) is 0. The van der Waals surface area contributed by atoms with Crippen molar-refractivity contribution >= 4 is 17.8 Å². The molecule has 0 N–H and O–H groups in total. The highest BCUT2D eigenvalue weighted by Crippen LogP contribution is 2.31. The summed E-state index contributed by atoms with van der Waals surface area (Å²) in [5, 5.41) is 0. The Bertz CT molecular complexity index is 1030. The molecule has 0 saturated carbocycles. The summed E-state index contributed by atoms with van der Waals surface area (Å²) in [6.45, 7) is 2.54. The standard InChI is InChI=1S/C24H25N3O5/c28-22-23(29)27(24(30)26(22)13-17-7-2-1-3-8-17)18-9-6-12-25(14-18)15-19-16-31-20-10-4-5-11-21(20)32-19/h1-5,7-8,10-11,18-19H,6,9,12-16H2/t18-,19-/m0/s1. The highest BCUT2D eigenvalue weighted by Gasteiger charge is 2.48. The van der Waals surface area contributed by atoms with Gasteiger partial charge in [-0.05, 0) is 37.1 Å². The maximum Gasteiger partial charge on any atom is 0.334 e. The van der Waals surface area contributed by atoms with Gasteiger partial charge in [0.25, 0.3) is 0 Å². The van der Waals surface area contributed by atoms with Crippen LogP contribution in [0.15, 0.2) is 54.6 Å². The van der Waals surface area contributed by atoms with Crippen LogP contribution in [-0.2, 0) is 16.1 Å². The number of amides is 4. The quantitative estimate of drug-likeness (QED) is 0.530. The third-order valence-corrected chi connectivity index (χ3v) is 6.14. The van der Waals surface area contributed by atoms with Gasteiger partial charge in [0.1, 0.15) is 12.7 Å². The molecule has 8 heteroatoms. The maximum atomic E-state index is 13.0. The van der Waals surface area contributed by atoms with Crippen LogP contribution >= 0.6 is 0 Å². The number of para-hydroxylation sites is 2. The lowest BCUT2D eigenvalue weighted by Gasteiger charge is -2.38. The summed E-state index contributed by atoms with van der Waals surface area (Å²) in [5.74, 6) is -0.0181. The van der Waals surface area contributed by atoms with Gasteiger partial charge in [0.2, 0.25) is 0 Å². The van der Waals surface area contributed by atoms with E-state index in [1.54, 1.807) is 0 Å². The molecular weight excluding hydrogens is 410 g/mol. The van der Waals surface area contributed by atoms with Crippen molar-refractivity contribution in [2.24, 2.45) is 0 Å². The Morgan fingerprint density at radius 2 is 1.66 bits per heavy atom. The minimum atomic E-state index is -0.753. The highest BCUT2D eigenvalue weighted by molar-refractivity contribution is 6.44. The summed E-state index contributed by atoms with van der Waals surface area (Å²) in [6, 6.07) is 15.9. The molecule has 4 amide bonds. The smallest absolute Gasteiger partial charge is 0.334 e. The first kappa shape index (κ1) is 20.5. The van der Waals surface area contributed by atoms with Gasteiger partial charge in [-0.3, -0.25) is 24.3 Å². The van der Waals surface area contributed by atoms with Crippen molar-refractivity contribution in [1.29, 1.82) is 0 Å². The van der Waals surface area contributed by atoms with Crippen molar-refractivity contribution < 1.29 is 23.9 Å². The predicted octanol–water partition coefficient (Wildman–Crippen LogP) is 2.28. The van der Waals surface area contributed by atoms with Crippen molar-refractivity contribution in [3.05, 3.63) is 60.2 Å². The number of fused-ring (bicyclic) bond motifs is 1. The van der Waals surface area contributed by atoms with Gasteiger partial charge in [0.15, 0.2) is 11.5 Å². The normalized spacial score (nSPS) is 23.7. The molecule has 0 aliphatic carbocycles. The van der Waals surface area contributed by atoms with E-state index in [0.29, 0.717) is 26.1 Å². The number of urea groups is 1. The molecule has 3 aliphatic rings. The lowest BCUT2D eigenvalue weighted by atomic mass is 10.0. The number of nitrogens with zero attached hydrogens (tertiary/aromatic N) is 3. The van der Waals surface area contributed by atoms with Crippen molar-refractivity contribution in [2.45, 2.75) is 31.5 Å². The van der Waals surface area contributed by atoms with Crippen LogP contribution in [0.2, 0.25) is 0 Å². The van der Waals surface area contributed by atoms with E-state index in [4.69, 9.17) is 9.47 Å². The molecule has 166 valence electrons. The number of carbonyl (C=O) groups excluding carboxylic acids is 3. The van der Waals surface area contributed by atoms with E-state index in [1.807, 2.05) is 54.6 Å². The minimum Gasteiger partial charge on any atom is -0.486 e. The van der Waals surface area contributed by atoms with Gasteiger partial charge >= 0.3 is 17.8 Å². The van der Waals surface area contributed by atoms with Gasteiger partial charge in [0.05, 0.1) is 12.6 Å². The van der Waals surface area contributed by atoms with Gasteiger partial charge < -0.3 is 9.47 Å². The van der Waals surface area contributed by atoms with Crippen molar-refractivity contribution in [3.8, 4) is 11.5 Å². The molecule has 0 spiro atoms. The number of rotatable bonds is 5. The second-order valence-corrected chi connectivity index (χ2v) is 8.39. The lowest BCUT2D eigenvalue weighted by Crippen LogP contribution is -2.53. The molecule has 2 atom stereocenters. The second kappa shape index (κ2) is 8.63. The van der Waals surface area contributed by atoms with Crippen LogP contribution in [0.3, 0.4) is 0 Å². The fourth-order valence-corrected chi connectivity index (χ4v) is 4.60. The Kier molecular flexibility index (Phi) is 5.53. The Hall–Kier alpha value is -3.39. The second-order valence-electron chi connectivity index (χ2n) is 8.39. The molecule has 2 saturated heterocycles. The number of benzene rings is 2. The fourth-order valence-electron chi connectivity index (χ4n) is 4.60. The fraction of sp³-hybridized carbons (Fsp3) is 0.375. The van der Waals surface area contributed by atoms with Crippen molar-refractivity contribution in [2.75, 3.05) is 26.2 Å². The zero-order chi connectivity index (χ0) is 22.1. The molecule has 2 aromatic rings. The molecule has 0 unspecified atom stereocenters. The van der Waals surface area contributed by atoms with E-state index in [2.05, 4.69) is 4.90 Å². The van der Waals surface area contributed by atoms with E-state index in [9.17, 15) is 14.4 Å². The van der Waals surface area contributed by atoms with Gasteiger partial charge in [0, 0.05) is 13.1 Å². The third-order valence-electron chi connectivity index (χ3n) is 6.14. The third kappa shape index (κ3) is 3.93. The predicted molar refractivity (Wildman–Crippen MR) is 115 cm³/mol. The summed E-state index contributed by atoms with van der Waals surface area (Å²) < 4.78 is 11.9.